The molecule has 1 saturated carbocycles. The van der Waals surface area contributed by atoms with Gasteiger partial charge >= 0.3 is 0 Å². The summed E-state index contributed by atoms with van der Waals surface area (Å²) in [6.45, 7) is 14.8. The van der Waals surface area contributed by atoms with Crippen LogP contribution in [0.3, 0.4) is 0 Å². The molecule has 0 spiro atoms. The number of carbonyl (C=O) groups excluding carboxylic acids is 4. The van der Waals surface area contributed by atoms with Gasteiger partial charge in [-0.05, 0) is 78.8 Å². The van der Waals surface area contributed by atoms with E-state index in [1.165, 1.54) is 11.2 Å². The van der Waals surface area contributed by atoms with Gasteiger partial charge in [0.25, 0.3) is 5.91 Å². The monoisotopic (exact) mass is 923 g/mol. The summed E-state index contributed by atoms with van der Waals surface area (Å²) in [6, 6.07) is 19.9. The van der Waals surface area contributed by atoms with Gasteiger partial charge in [0.1, 0.15) is 49.3 Å². The first-order valence-corrected chi connectivity index (χ1v) is 22.8. The molecule has 3 atom stereocenters. The number of amides is 4. The van der Waals surface area contributed by atoms with E-state index in [9.17, 15) is 29.5 Å². The Morgan fingerprint density at radius 2 is 1.70 bits per heavy atom. The summed E-state index contributed by atoms with van der Waals surface area (Å²) in [5.74, 6) is -0.856. The number of β-amino-alcohol motifs (C(OH)–C–C–N with tert-alkyl or cyclic N) is 1. The van der Waals surface area contributed by atoms with Gasteiger partial charge in [0.05, 0.1) is 22.4 Å². The van der Waals surface area contributed by atoms with E-state index in [0.717, 1.165) is 36.2 Å². The first-order chi connectivity index (χ1) is 31.3. The number of aromatic nitrogens is 3. The number of halogens is 1. The number of hydrogen-bond acceptors (Lipinski definition) is 11. The summed E-state index contributed by atoms with van der Waals surface area (Å²) < 4.78 is 13.6. The number of nitriles is 1. The van der Waals surface area contributed by atoms with Crippen LogP contribution in [0, 0.1) is 27.6 Å². The van der Waals surface area contributed by atoms with Crippen molar-refractivity contribution < 1.29 is 33.8 Å². The highest BCUT2D eigenvalue weighted by Crippen LogP contribution is 2.55. The number of rotatable bonds is 19. The number of aliphatic hydroxyl groups is 1. The normalized spacial score (nSPS) is 20.0. The van der Waals surface area contributed by atoms with Crippen molar-refractivity contribution >= 4 is 40.9 Å². The molecule has 1 aliphatic carbocycles. The number of ether oxygens (including phenoxy) is 2. The summed E-state index contributed by atoms with van der Waals surface area (Å²) in [6.07, 6.45) is 4.48. The number of nitrogens with zero attached hydrogens (tertiary/aromatic N) is 5. The van der Waals surface area contributed by atoms with Crippen LogP contribution in [0.25, 0.3) is 5.69 Å². The van der Waals surface area contributed by atoms with Crippen LogP contribution in [-0.2, 0) is 25.7 Å². The molecule has 0 unspecified atom stereocenters. The molecule has 0 bridgehead atoms. The molecular weight excluding hydrogens is 862 g/mol. The molecule has 5 N–H and O–H groups in total. The lowest BCUT2D eigenvalue weighted by molar-refractivity contribution is -0.164. The maximum atomic E-state index is 13.9. The van der Waals surface area contributed by atoms with E-state index in [4.69, 9.17) is 21.1 Å². The van der Waals surface area contributed by atoms with E-state index in [-0.39, 0.29) is 60.9 Å². The molecule has 4 amide bonds. The van der Waals surface area contributed by atoms with Gasteiger partial charge in [-0.3, -0.25) is 19.2 Å². The van der Waals surface area contributed by atoms with Gasteiger partial charge < -0.3 is 40.7 Å². The zero-order valence-electron chi connectivity index (χ0n) is 38.8. The SMILES string of the molecule is CC(C)(C)[C@H](NC(=O)COCCCCCNc1ccc(C(=O)N[C@H]2C(C)(C)[C@H](Oc3ccc(C#N)c(Cl)c3)C2(C)C)cc1)C(=O)N1C[C@H](O)C[C@H]1C(=O)NCc1ccc(-n2cncn2)cc1. The topological polar surface area (TPSA) is 213 Å². The first kappa shape index (κ1) is 49.4. The van der Waals surface area contributed by atoms with Crippen LogP contribution in [0.2, 0.25) is 5.02 Å². The average Bonchev–Trinajstić information content (AvgIpc) is 3.97. The fourth-order valence-corrected chi connectivity index (χ4v) is 9.40. The molecule has 2 aliphatic rings. The van der Waals surface area contributed by atoms with Gasteiger partial charge in [0.2, 0.25) is 17.7 Å². The van der Waals surface area contributed by atoms with Crippen molar-refractivity contribution in [3.05, 3.63) is 101 Å². The average molecular weight is 925 g/mol. The van der Waals surface area contributed by atoms with Crippen molar-refractivity contribution in [2.75, 3.05) is 31.6 Å². The first-order valence-electron chi connectivity index (χ1n) is 22.4. The fourth-order valence-electron chi connectivity index (χ4n) is 9.19. The van der Waals surface area contributed by atoms with E-state index >= 15 is 0 Å². The zero-order valence-corrected chi connectivity index (χ0v) is 39.5. The van der Waals surface area contributed by atoms with Gasteiger partial charge in [0, 0.05) is 66.9 Å². The molecule has 16 nitrogen and oxygen atoms in total. The Kier molecular flexibility index (Phi) is 15.8. The second-order valence-electron chi connectivity index (χ2n) is 19.4. The van der Waals surface area contributed by atoms with E-state index in [0.29, 0.717) is 35.1 Å². The number of carbonyl (C=O) groups is 4. The third kappa shape index (κ3) is 11.9. The molecule has 2 fully saturated rings. The van der Waals surface area contributed by atoms with Crippen LogP contribution in [-0.4, -0.2) is 105 Å². The highest BCUT2D eigenvalue weighted by atomic mass is 35.5. The Hall–Kier alpha value is -6.02. The Morgan fingerprint density at radius 3 is 2.33 bits per heavy atom. The Labute approximate surface area is 391 Å². The number of benzene rings is 3. The molecule has 3 aromatic carbocycles. The Bertz CT molecular complexity index is 2340. The fraction of sp³-hybridized carbons (Fsp3) is 0.490. The number of hydrogen-bond donors (Lipinski definition) is 5. The maximum Gasteiger partial charge on any atom is 0.251 e. The molecule has 0 radical (unpaired) electrons. The third-order valence-electron chi connectivity index (χ3n) is 12.5. The number of nitrogens with one attached hydrogen (secondary N) is 4. The minimum atomic E-state index is -0.953. The highest BCUT2D eigenvalue weighted by molar-refractivity contribution is 6.31. The molecule has 2 heterocycles. The van der Waals surface area contributed by atoms with Crippen molar-refractivity contribution in [1.29, 1.82) is 5.26 Å². The predicted octanol–water partition coefficient (Wildman–Crippen LogP) is 5.81. The van der Waals surface area contributed by atoms with E-state index < -0.39 is 35.4 Å². The van der Waals surface area contributed by atoms with Crippen LogP contribution in [0.15, 0.2) is 79.4 Å². The largest absolute Gasteiger partial charge is 0.489 e. The minimum absolute atomic E-state index is 0.0181. The quantitative estimate of drug-likeness (QED) is 0.0708. The summed E-state index contributed by atoms with van der Waals surface area (Å²) >= 11 is 6.23. The molecule has 17 heteroatoms. The van der Waals surface area contributed by atoms with Crippen LogP contribution in [0.1, 0.15) is 95.6 Å². The van der Waals surface area contributed by atoms with Gasteiger partial charge in [-0.25, -0.2) is 9.67 Å². The number of likely N-dealkylation sites (tertiary alicyclic amines) is 1. The second-order valence-corrected chi connectivity index (χ2v) is 19.8. The lowest BCUT2D eigenvalue weighted by Crippen LogP contribution is -2.74. The van der Waals surface area contributed by atoms with Crippen LogP contribution in [0.5, 0.6) is 5.75 Å². The van der Waals surface area contributed by atoms with Gasteiger partial charge in [0.15, 0.2) is 0 Å². The lowest BCUT2D eigenvalue weighted by atomic mass is 9.49. The third-order valence-corrected chi connectivity index (χ3v) is 12.8. The number of aliphatic hydroxyl groups excluding tert-OH is 1. The highest BCUT2D eigenvalue weighted by Gasteiger charge is 2.64. The molecular formula is C49H62ClN9O7. The summed E-state index contributed by atoms with van der Waals surface area (Å²) in [7, 11) is 0. The van der Waals surface area contributed by atoms with Crippen molar-refractivity contribution in [2.45, 2.75) is 111 Å². The molecule has 4 aromatic rings. The molecule has 1 saturated heterocycles. The predicted molar refractivity (Wildman–Crippen MR) is 250 cm³/mol. The lowest BCUT2D eigenvalue weighted by Gasteiger charge is -2.63. The summed E-state index contributed by atoms with van der Waals surface area (Å²) in [5.41, 5.74) is 2.05. The van der Waals surface area contributed by atoms with Crippen molar-refractivity contribution in [3.63, 3.8) is 0 Å². The maximum absolute atomic E-state index is 13.9. The molecule has 1 aliphatic heterocycles. The summed E-state index contributed by atoms with van der Waals surface area (Å²) in [5, 5.41) is 36.5. The van der Waals surface area contributed by atoms with Crippen LogP contribution >= 0.6 is 11.6 Å². The van der Waals surface area contributed by atoms with Gasteiger partial charge in [-0.15, -0.1) is 0 Å². The van der Waals surface area contributed by atoms with Crippen molar-refractivity contribution in [1.82, 2.24) is 35.6 Å². The zero-order chi connectivity index (χ0) is 47.8. The molecule has 6 rings (SSSR count). The van der Waals surface area contributed by atoms with E-state index in [1.54, 1.807) is 41.3 Å². The molecule has 66 heavy (non-hydrogen) atoms. The van der Waals surface area contributed by atoms with Gasteiger partial charge in [-0.1, -0.05) is 72.2 Å². The van der Waals surface area contributed by atoms with Crippen molar-refractivity contribution in [2.24, 2.45) is 16.2 Å². The van der Waals surface area contributed by atoms with Gasteiger partial charge in [-0.2, -0.15) is 10.4 Å². The summed E-state index contributed by atoms with van der Waals surface area (Å²) in [4.78, 5) is 59.0. The Morgan fingerprint density at radius 1 is 0.985 bits per heavy atom. The minimum Gasteiger partial charge on any atom is -0.489 e. The van der Waals surface area contributed by atoms with Crippen molar-refractivity contribution in [3.8, 4) is 17.5 Å². The number of unbranched alkanes of at least 4 members (excludes halogenated alkanes) is 2. The molecule has 1 aromatic heterocycles. The van der Waals surface area contributed by atoms with E-state index in [1.807, 2.05) is 57.2 Å². The molecule has 352 valence electrons. The van der Waals surface area contributed by atoms with Crippen LogP contribution in [0.4, 0.5) is 5.69 Å². The second kappa shape index (κ2) is 21.1. The van der Waals surface area contributed by atoms with E-state index in [2.05, 4.69) is 65.1 Å². The standard InChI is InChI=1S/C49H62ClN9O7/c1-47(2,3)41(44(64)58-27-36(60)23-39(58)43(63)54-26-31-11-18-35(19-12-31)59-30-52-29-55-59)56-40(61)28-65-22-10-8-9-21-53-34-16-13-32(14-17-34)42(62)57-45-48(4,5)46(49(45,6)7)66-37-20-15-33(25-51)38(50)24-37/h11-20,24,29-30,36,39,41,45-46,53,60H,8-10,21-23,26-28H2,1-7H3,(H,54,63)(H,56,61)(H,57,62)/t36-,39+,41-,45-,46-/m1/s1. The smallest absolute Gasteiger partial charge is 0.251 e. The Balaban J connectivity index is 0.875. The number of anilines is 1. The van der Waals surface area contributed by atoms with Crippen LogP contribution < -0.4 is 26.0 Å².